The summed E-state index contributed by atoms with van der Waals surface area (Å²) in [5.41, 5.74) is 2.20. The minimum absolute atomic E-state index is 0.145. The zero-order valence-electron chi connectivity index (χ0n) is 14.6. The summed E-state index contributed by atoms with van der Waals surface area (Å²) in [6, 6.07) is 14.0. The first-order chi connectivity index (χ1) is 12.5. The Kier molecular flexibility index (Phi) is 7.11. The summed E-state index contributed by atoms with van der Waals surface area (Å²) in [6.07, 6.45) is 0. The van der Waals surface area contributed by atoms with Crippen LogP contribution in [-0.2, 0) is 9.53 Å². The number of hydrogen-bond acceptors (Lipinski definition) is 5. The predicted octanol–water partition coefficient (Wildman–Crippen LogP) is 3.06. The Morgan fingerprint density at radius 1 is 1.04 bits per heavy atom. The van der Waals surface area contributed by atoms with Crippen molar-refractivity contribution >= 4 is 34.9 Å². The van der Waals surface area contributed by atoms with E-state index in [4.69, 9.17) is 21.7 Å². The molecular formula is C19H20N2O4S. The zero-order chi connectivity index (χ0) is 18.9. The first kappa shape index (κ1) is 19.4. The van der Waals surface area contributed by atoms with Crippen LogP contribution in [0.25, 0.3) is 0 Å². The Labute approximate surface area is 157 Å². The third-order valence-electron chi connectivity index (χ3n) is 3.30. The van der Waals surface area contributed by atoms with Crippen molar-refractivity contribution in [3.05, 3.63) is 59.7 Å². The molecule has 0 saturated carbocycles. The van der Waals surface area contributed by atoms with E-state index in [0.717, 1.165) is 5.56 Å². The number of rotatable bonds is 6. The smallest absolute Gasteiger partial charge is 0.338 e. The van der Waals surface area contributed by atoms with E-state index in [1.165, 1.54) is 0 Å². The maximum Gasteiger partial charge on any atom is 0.338 e. The van der Waals surface area contributed by atoms with Gasteiger partial charge in [0.1, 0.15) is 5.75 Å². The average molecular weight is 372 g/mol. The number of carbonyl (C=O) groups is 2. The van der Waals surface area contributed by atoms with Gasteiger partial charge in [-0.3, -0.25) is 10.1 Å². The Balaban J connectivity index is 1.79. The van der Waals surface area contributed by atoms with Crippen molar-refractivity contribution in [3.63, 3.8) is 0 Å². The second-order valence-electron chi connectivity index (χ2n) is 5.40. The molecule has 0 radical (unpaired) electrons. The summed E-state index contributed by atoms with van der Waals surface area (Å²) in [5.74, 6) is -0.145. The molecule has 7 heteroatoms. The Morgan fingerprint density at radius 3 is 2.31 bits per heavy atom. The van der Waals surface area contributed by atoms with Gasteiger partial charge in [-0.2, -0.15) is 0 Å². The summed E-state index contributed by atoms with van der Waals surface area (Å²) < 4.78 is 10.3. The van der Waals surface area contributed by atoms with Gasteiger partial charge < -0.3 is 14.8 Å². The van der Waals surface area contributed by atoms with Gasteiger partial charge in [-0.25, -0.2) is 4.79 Å². The van der Waals surface area contributed by atoms with Crippen LogP contribution in [0.1, 0.15) is 22.8 Å². The highest BCUT2D eigenvalue weighted by Gasteiger charge is 2.08. The number of benzene rings is 2. The summed E-state index contributed by atoms with van der Waals surface area (Å²) in [5, 5.41) is 5.55. The molecule has 2 aromatic carbocycles. The third-order valence-corrected chi connectivity index (χ3v) is 3.50. The molecule has 0 atom stereocenters. The highest BCUT2D eigenvalue weighted by Crippen LogP contribution is 2.12. The molecular weight excluding hydrogens is 352 g/mol. The lowest BCUT2D eigenvalue weighted by atomic mass is 10.2. The van der Waals surface area contributed by atoms with Crippen LogP contribution in [-0.4, -0.2) is 30.2 Å². The number of amides is 1. The van der Waals surface area contributed by atoms with Crippen LogP contribution in [0.5, 0.6) is 5.75 Å². The van der Waals surface area contributed by atoms with E-state index in [9.17, 15) is 9.59 Å². The van der Waals surface area contributed by atoms with Gasteiger partial charge in [-0.1, -0.05) is 17.7 Å². The molecule has 0 spiro atoms. The molecule has 0 aliphatic heterocycles. The van der Waals surface area contributed by atoms with Gasteiger partial charge in [-0.05, 0) is 62.5 Å². The minimum atomic E-state index is -0.386. The molecule has 26 heavy (non-hydrogen) atoms. The van der Waals surface area contributed by atoms with Crippen LogP contribution < -0.4 is 15.4 Å². The summed E-state index contributed by atoms with van der Waals surface area (Å²) in [6.45, 7) is 3.89. The fourth-order valence-electron chi connectivity index (χ4n) is 2.01. The predicted molar refractivity (Wildman–Crippen MR) is 103 cm³/mol. The number of anilines is 1. The van der Waals surface area contributed by atoms with Crippen LogP contribution >= 0.6 is 12.2 Å². The van der Waals surface area contributed by atoms with Crippen molar-refractivity contribution in [2.24, 2.45) is 0 Å². The van der Waals surface area contributed by atoms with E-state index < -0.39 is 0 Å². The van der Waals surface area contributed by atoms with Crippen molar-refractivity contribution in [3.8, 4) is 5.75 Å². The molecule has 2 N–H and O–H groups in total. The number of carbonyl (C=O) groups excluding carboxylic acids is 2. The van der Waals surface area contributed by atoms with E-state index in [2.05, 4.69) is 10.6 Å². The molecule has 6 nitrogen and oxygen atoms in total. The highest BCUT2D eigenvalue weighted by molar-refractivity contribution is 7.80. The fourth-order valence-corrected chi connectivity index (χ4v) is 2.24. The number of nitrogens with one attached hydrogen (secondary N) is 2. The molecule has 2 aromatic rings. The summed E-state index contributed by atoms with van der Waals surface area (Å²) in [4.78, 5) is 23.5. The Bertz CT molecular complexity index is 773. The van der Waals surface area contributed by atoms with Crippen LogP contribution in [0.3, 0.4) is 0 Å². The van der Waals surface area contributed by atoms with Crippen LogP contribution in [0.15, 0.2) is 48.5 Å². The number of hydrogen-bond donors (Lipinski definition) is 2. The van der Waals surface area contributed by atoms with Crippen LogP contribution in [0, 0.1) is 6.92 Å². The van der Waals surface area contributed by atoms with Gasteiger partial charge >= 0.3 is 5.97 Å². The minimum Gasteiger partial charge on any atom is -0.484 e. The Morgan fingerprint density at radius 2 is 1.69 bits per heavy atom. The molecule has 0 unspecified atom stereocenters. The largest absolute Gasteiger partial charge is 0.484 e. The zero-order valence-corrected chi connectivity index (χ0v) is 15.4. The van der Waals surface area contributed by atoms with Crippen molar-refractivity contribution < 1.29 is 19.1 Å². The van der Waals surface area contributed by atoms with Crippen molar-refractivity contribution in [1.29, 1.82) is 0 Å². The number of thiocarbonyl (C=S) groups is 1. The third kappa shape index (κ3) is 6.18. The average Bonchev–Trinajstić information content (AvgIpc) is 2.62. The van der Waals surface area contributed by atoms with Crippen molar-refractivity contribution in [1.82, 2.24) is 5.32 Å². The molecule has 0 aromatic heterocycles. The molecule has 0 aliphatic rings. The molecule has 0 heterocycles. The van der Waals surface area contributed by atoms with Crippen molar-refractivity contribution in [2.75, 3.05) is 18.5 Å². The molecule has 0 bridgehead atoms. The molecule has 2 rings (SSSR count). The fraction of sp³-hybridized carbons (Fsp3) is 0.211. The lowest BCUT2D eigenvalue weighted by Gasteiger charge is -2.11. The number of aryl methyl sites for hydroxylation is 1. The standard InChI is InChI=1S/C19H20N2O4S/c1-3-24-18(23)14-6-8-15(9-7-14)20-19(26)21-17(22)12-25-16-10-4-13(2)5-11-16/h4-11H,3,12H2,1-2H3,(H2,20,21,22,26). The summed E-state index contributed by atoms with van der Waals surface area (Å²) >= 11 is 5.10. The lowest BCUT2D eigenvalue weighted by molar-refractivity contribution is -0.121. The topological polar surface area (TPSA) is 76.7 Å². The second-order valence-corrected chi connectivity index (χ2v) is 5.81. The first-order valence-corrected chi connectivity index (χ1v) is 8.46. The monoisotopic (exact) mass is 372 g/mol. The lowest BCUT2D eigenvalue weighted by Crippen LogP contribution is -2.37. The van der Waals surface area contributed by atoms with Crippen LogP contribution in [0.4, 0.5) is 5.69 Å². The maximum atomic E-state index is 11.9. The second kappa shape index (κ2) is 9.53. The normalized spacial score (nSPS) is 9.92. The number of ether oxygens (including phenoxy) is 2. The highest BCUT2D eigenvalue weighted by atomic mass is 32.1. The van der Waals surface area contributed by atoms with E-state index in [1.807, 2.05) is 19.1 Å². The molecule has 136 valence electrons. The maximum absolute atomic E-state index is 11.9. The van der Waals surface area contributed by atoms with Gasteiger partial charge in [-0.15, -0.1) is 0 Å². The first-order valence-electron chi connectivity index (χ1n) is 8.05. The van der Waals surface area contributed by atoms with E-state index in [-0.39, 0.29) is 23.6 Å². The quantitative estimate of drug-likeness (QED) is 0.600. The molecule has 1 amide bonds. The van der Waals surface area contributed by atoms with Gasteiger partial charge in [0.2, 0.25) is 0 Å². The van der Waals surface area contributed by atoms with E-state index in [0.29, 0.717) is 23.6 Å². The van der Waals surface area contributed by atoms with Gasteiger partial charge in [0.15, 0.2) is 11.7 Å². The van der Waals surface area contributed by atoms with Crippen molar-refractivity contribution in [2.45, 2.75) is 13.8 Å². The van der Waals surface area contributed by atoms with Gasteiger partial charge in [0.05, 0.1) is 12.2 Å². The summed E-state index contributed by atoms with van der Waals surface area (Å²) in [7, 11) is 0. The molecule has 0 saturated heterocycles. The Hall–Kier alpha value is -2.93. The van der Waals surface area contributed by atoms with Gasteiger partial charge in [0, 0.05) is 5.69 Å². The SMILES string of the molecule is CCOC(=O)c1ccc(NC(=S)NC(=O)COc2ccc(C)cc2)cc1. The molecule has 0 aliphatic carbocycles. The van der Waals surface area contributed by atoms with E-state index in [1.54, 1.807) is 43.3 Å². The number of esters is 1. The van der Waals surface area contributed by atoms with Gasteiger partial charge in [0.25, 0.3) is 5.91 Å². The van der Waals surface area contributed by atoms with E-state index >= 15 is 0 Å². The van der Waals surface area contributed by atoms with Crippen LogP contribution in [0.2, 0.25) is 0 Å². The molecule has 0 fully saturated rings.